The van der Waals surface area contributed by atoms with Gasteiger partial charge in [0.15, 0.2) is 6.61 Å². The zero-order valence-corrected chi connectivity index (χ0v) is 21.9. The molecule has 1 aliphatic rings. The predicted molar refractivity (Wildman–Crippen MR) is 140 cm³/mol. The molecule has 0 saturated heterocycles. The molecule has 0 spiro atoms. The summed E-state index contributed by atoms with van der Waals surface area (Å²) in [5.74, 6) is 0.579. The second kappa shape index (κ2) is 14.6. The highest BCUT2D eigenvalue weighted by Gasteiger charge is 2.20. The van der Waals surface area contributed by atoms with E-state index in [1.54, 1.807) is 6.07 Å². The number of carbonyl (C=O) groups is 1. The molecular weight excluding hydrogens is 444 g/mol. The van der Waals surface area contributed by atoms with E-state index in [0.717, 1.165) is 19.3 Å². The highest BCUT2D eigenvalue weighted by atomic mass is 16.6. The Hall–Kier alpha value is -2.80. The molecular formula is C28H42N2O5. The van der Waals surface area contributed by atoms with Gasteiger partial charge in [0.2, 0.25) is 0 Å². The molecule has 2 rings (SSSR count). The van der Waals surface area contributed by atoms with Gasteiger partial charge < -0.3 is 24.7 Å². The van der Waals surface area contributed by atoms with Gasteiger partial charge in [-0.1, -0.05) is 51.1 Å². The van der Waals surface area contributed by atoms with Crippen molar-refractivity contribution in [1.82, 2.24) is 4.90 Å². The van der Waals surface area contributed by atoms with Crippen molar-refractivity contribution in [2.75, 3.05) is 26.3 Å². The Balaban J connectivity index is 2.26. The van der Waals surface area contributed by atoms with E-state index in [2.05, 4.69) is 45.0 Å². The van der Waals surface area contributed by atoms with Gasteiger partial charge in [-0.15, -0.1) is 0 Å². The van der Waals surface area contributed by atoms with Crippen LogP contribution in [0, 0.1) is 11.8 Å². The molecule has 35 heavy (non-hydrogen) atoms. The monoisotopic (exact) mass is 486 g/mol. The van der Waals surface area contributed by atoms with Crippen LogP contribution >= 0.6 is 0 Å². The molecule has 2 N–H and O–H groups in total. The van der Waals surface area contributed by atoms with Crippen LogP contribution < -0.4 is 0 Å². The first-order valence-corrected chi connectivity index (χ1v) is 12.6. The van der Waals surface area contributed by atoms with E-state index in [-0.39, 0.29) is 30.1 Å². The second-order valence-electron chi connectivity index (χ2n) is 9.91. The Labute approximate surface area is 210 Å². The van der Waals surface area contributed by atoms with Crippen molar-refractivity contribution in [2.24, 2.45) is 17.0 Å². The third-order valence-corrected chi connectivity index (χ3v) is 5.53. The first kappa shape index (κ1) is 28.4. The van der Waals surface area contributed by atoms with Gasteiger partial charge in [0, 0.05) is 31.1 Å². The molecule has 1 amide bonds. The quantitative estimate of drug-likeness (QED) is 0.391. The van der Waals surface area contributed by atoms with Gasteiger partial charge in [0.05, 0.1) is 18.4 Å². The molecule has 1 aliphatic heterocycles. The van der Waals surface area contributed by atoms with Crippen LogP contribution in [0.25, 0.3) is 0 Å². The lowest BCUT2D eigenvalue weighted by Crippen LogP contribution is -2.39. The number of rotatable bonds is 7. The number of oxime groups is 1. The van der Waals surface area contributed by atoms with Crippen molar-refractivity contribution in [3.05, 3.63) is 47.6 Å². The maximum atomic E-state index is 12.8. The average molecular weight is 487 g/mol. The summed E-state index contributed by atoms with van der Waals surface area (Å²) in [5.41, 5.74) is 1.90. The van der Waals surface area contributed by atoms with Gasteiger partial charge in [-0.3, -0.25) is 4.79 Å². The molecule has 0 radical (unpaired) electrons. The van der Waals surface area contributed by atoms with Gasteiger partial charge in [-0.2, -0.15) is 0 Å². The number of allylic oxidation sites excluding steroid dienone is 3. The smallest absolute Gasteiger partial charge is 0.263 e. The lowest BCUT2D eigenvalue weighted by atomic mass is 9.96. The first-order valence-electron chi connectivity index (χ1n) is 12.6. The fourth-order valence-corrected chi connectivity index (χ4v) is 4.08. The van der Waals surface area contributed by atoms with Crippen molar-refractivity contribution in [1.29, 1.82) is 0 Å². The summed E-state index contributed by atoms with van der Waals surface area (Å²) in [6, 6.07) is 2.93. The van der Waals surface area contributed by atoms with Crippen LogP contribution in [0.3, 0.4) is 0 Å². The van der Waals surface area contributed by atoms with E-state index >= 15 is 0 Å². The number of hydrogen-bond acceptors (Lipinski definition) is 6. The molecule has 1 unspecified atom stereocenters. The summed E-state index contributed by atoms with van der Waals surface area (Å²) >= 11 is 0. The van der Waals surface area contributed by atoms with Crippen LogP contribution in [0.5, 0.6) is 11.5 Å². The number of phenolic OH excluding ortho intramolecular Hbond substituents is 2. The predicted octanol–water partition coefficient (Wildman–Crippen LogP) is 5.53. The van der Waals surface area contributed by atoms with Gasteiger partial charge in [-0.25, -0.2) is 0 Å². The minimum absolute atomic E-state index is 0.0208. The summed E-state index contributed by atoms with van der Waals surface area (Å²) < 4.78 is 5.94. The molecule has 1 atom stereocenters. The number of aromatic hydroxyl groups is 2. The Morgan fingerprint density at radius 3 is 2.43 bits per heavy atom. The highest BCUT2D eigenvalue weighted by Crippen LogP contribution is 2.34. The minimum Gasteiger partial charge on any atom is -0.508 e. The van der Waals surface area contributed by atoms with E-state index in [1.165, 1.54) is 6.07 Å². The molecule has 7 heteroatoms. The van der Waals surface area contributed by atoms with E-state index in [1.807, 2.05) is 24.0 Å². The SMILES string of the molecule is CC(C)CN(CC(C)C)C(=O)CO/N=C1\C=C\CC/C=C/CCOC(C)c2c(O)cc(O)cc2C1. The summed E-state index contributed by atoms with van der Waals surface area (Å²) in [5, 5.41) is 25.0. The van der Waals surface area contributed by atoms with Gasteiger partial charge in [0.25, 0.3) is 5.91 Å². The van der Waals surface area contributed by atoms with E-state index in [4.69, 9.17) is 9.57 Å². The largest absolute Gasteiger partial charge is 0.508 e. The Morgan fingerprint density at radius 2 is 1.74 bits per heavy atom. The van der Waals surface area contributed by atoms with Crippen LogP contribution in [0.4, 0.5) is 0 Å². The van der Waals surface area contributed by atoms with E-state index in [0.29, 0.717) is 54.8 Å². The maximum absolute atomic E-state index is 12.8. The summed E-state index contributed by atoms with van der Waals surface area (Å²) in [4.78, 5) is 20.1. The molecule has 1 heterocycles. The van der Waals surface area contributed by atoms with Gasteiger partial charge in [-0.05, 0) is 55.7 Å². The lowest BCUT2D eigenvalue weighted by Gasteiger charge is -2.25. The normalized spacial score (nSPS) is 20.3. The Kier molecular flexibility index (Phi) is 11.8. The van der Waals surface area contributed by atoms with E-state index in [9.17, 15) is 15.0 Å². The highest BCUT2D eigenvalue weighted by molar-refractivity contribution is 5.96. The lowest BCUT2D eigenvalue weighted by molar-refractivity contribution is -0.137. The summed E-state index contributed by atoms with van der Waals surface area (Å²) in [6.45, 7) is 12.0. The topological polar surface area (TPSA) is 91.6 Å². The average Bonchev–Trinajstić information content (AvgIpc) is 2.75. The fourth-order valence-electron chi connectivity index (χ4n) is 4.08. The molecule has 7 nitrogen and oxygen atoms in total. The van der Waals surface area contributed by atoms with Crippen molar-refractivity contribution < 1.29 is 24.6 Å². The number of benzene rings is 1. The molecule has 0 saturated carbocycles. The Bertz CT molecular complexity index is 895. The number of carbonyl (C=O) groups excluding carboxylic acids is 1. The molecule has 194 valence electrons. The van der Waals surface area contributed by atoms with Crippen LogP contribution in [-0.4, -0.2) is 53.0 Å². The number of hydrogen-bond donors (Lipinski definition) is 2. The fraction of sp³-hybridized carbons (Fsp3) is 0.571. The van der Waals surface area contributed by atoms with Crippen LogP contribution in [-0.2, 0) is 20.8 Å². The van der Waals surface area contributed by atoms with Crippen LogP contribution in [0.2, 0.25) is 0 Å². The van der Waals surface area contributed by atoms with Gasteiger partial charge in [0.1, 0.15) is 11.5 Å². The number of fused-ring (bicyclic) bond motifs is 1. The molecule has 0 fully saturated rings. The zero-order chi connectivity index (χ0) is 25.8. The third kappa shape index (κ3) is 10.1. The number of amides is 1. The van der Waals surface area contributed by atoms with E-state index < -0.39 is 0 Å². The molecule has 0 aromatic heterocycles. The molecule has 0 bridgehead atoms. The standard InChI is InChI=1S/C28H42N2O5/c1-20(2)17-30(18-21(3)4)27(33)19-35-29-24-12-10-8-6-7-9-11-13-34-22(5)28-23(14-24)15-25(31)16-26(28)32/h7,9-10,12,15-16,20-22,31-32H,6,8,11,13-14,17-19H2,1-5H3/b9-7+,12-10+,29-24+. The van der Waals surface area contributed by atoms with Crippen molar-refractivity contribution in [3.63, 3.8) is 0 Å². The zero-order valence-electron chi connectivity index (χ0n) is 21.9. The van der Waals surface area contributed by atoms with Crippen molar-refractivity contribution >= 4 is 11.6 Å². The van der Waals surface area contributed by atoms with Crippen LogP contribution in [0.15, 0.2) is 41.6 Å². The second-order valence-corrected chi connectivity index (χ2v) is 9.91. The first-order chi connectivity index (χ1) is 16.7. The molecule has 1 aromatic rings. The molecule has 1 aromatic carbocycles. The van der Waals surface area contributed by atoms with Gasteiger partial charge >= 0.3 is 0 Å². The summed E-state index contributed by atoms with van der Waals surface area (Å²) in [6.07, 6.45) is 10.6. The minimum atomic E-state index is -0.365. The Morgan fingerprint density at radius 1 is 1.09 bits per heavy atom. The number of ether oxygens (including phenoxy) is 1. The summed E-state index contributed by atoms with van der Waals surface area (Å²) in [7, 11) is 0. The van der Waals surface area contributed by atoms with Crippen LogP contribution in [0.1, 0.15) is 71.1 Å². The third-order valence-electron chi connectivity index (χ3n) is 5.53. The van der Waals surface area contributed by atoms with Crippen molar-refractivity contribution in [3.8, 4) is 11.5 Å². The number of phenols is 2. The van der Waals surface area contributed by atoms with Crippen molar-refractivity contribution in [2.45, 2.75) is 66.4 Å². The maximum Gasteiger partial charge on any atom is 0.263 e. The molecule has 0 aliphatic carbocycles. The number of nitrogens with zero attached hydrogens (tertiary/aromatic N) is 2.